The number of nitrogens with zero attached hydrogens (tertiary/aromatic N) is 1. The molecule has 0 heterocycles. The molecular formula is C14H18Br2N2O2. The number of benzene rings is 1. The number of carbonyl (C=O) groups excluding carboxylic acids is 1. The van der Waals surface area contributed by atoms with Crippen molar-refractivity contribution < 1.29 is 9.53 Å². The van der Waals surface area contributed by atoms with Crippen molar-refractivity contribution in [2.45, 2.75) is 33.1 Å². The molecule has 4 nitrogen and oxygen atoms in total. The van der Waals surface area contributed by atoms with Crippen LogP contribution in [-0.2, 0) is 4.79 Å². The van der Waals surface area contributed by atoms with Gasteiger partial charge in [0, 0.05) is 10.2 Å². The third kappa shape index (κ3) is 6.52. The van der Waals surface area contributed by atoms with Crippen LogP contribution in [0.1, 0.15) is 33.1 Å². The number of hydrogen-bond donors (Lipinski definition) is 1. The van der Waals surface area contributed by atoms with E-state index in [9.17, 15) is 4.79 Å². The van der Waals surface area contributed by atoms with Gasteiger partial charge >= 0.3 is 0 Å². The average Bonchev–Trinajstić information content (AvgIpc) is 2.41. The third-order valence-electron chi connectivity index (χ3n) is 2.52. The molecular weight excluding hydrogens is 388 g/mol. The van der Waals surface area contributed by atoms with Crippen LogP contribution in [0.5, 0.6) is 5.75 Å². The SMILES string of the molecule is CCCCC(C)=NNC(=O)COc1ccc(Br)cc1Br. The second kappa shape index (κ2) is 9.13. The quantitative estimate of drug-likeness (QED) is 0.543. The average molecular weight is 406 g/mol. The number of nitrogens with one attached hydrogen (secondary N) is 1. The highest BCUT2D eigenvalue weighted by Gasteiger charge is 2.05. The van der Waals surface area contributed by atoms with E-state index in [-0.39, 0.29) is 12.5 Å². The Hall–Kier alpha value is -0.880. The van der Waals surface area contributed by atoms with Crippen LogP contribution in [0.25, 0.3) is 0 Å². The largest absolute Gasteiger partial charge is 0.483 e. The van der Waals surface area contributed by atoms with Gasteiger partial charge in [0.25, 0.3) is 5.91 Å². The van der Waals surface area contributed by atoms with E-state index in [1.54, 1.807) is 6.07 Å². The summed E-state index contributed by atoms with van der Waals surface area (Å²) in [5.41, 5.74) is 3.41. The molecule has 1 rings (SSSR count). The summed E-state index contributed by atoms with van der Waals surface area (Å²) in [4.78, 5) is 11.6. The molecule has 1 aromatic rings. The van der Waals surface area contributed by atoms with Crippen LogP contribution in [-0.4, -0.2) is 18.2 Å². The number of amides is 1. The van der Waals surface area contributed by atoms with E-state index in [0.29, 0.717) is 5.75 Å². The maximum Gasteiger partial charge on any atom is 0.277 e. The summed E-state index contributed by atoms with van der Waals surface area (Å²) < 4.78 is 7.15. The van der Waals surface area contributed by atoms with Crippen molar-refractivity contribution in [1.29, 1.82) is 0 Å². The molecule has 20 heavy (non-hydrogen) atoms. The van der Waals surface area contributed by atoms with Crippen LogP contribution >= 0.6 is 31.9 Å². The first-order chi connectivity index (χ1) is 9.52. The molecule has 0 unspecified atom stereocenters. The monoisotopic (exact) mass is 404 g/mol. The lowest BCUT2D eigenvalue weighted by Crippen LogP contribution is -2.25. The van der Waals surface area contributed by atoms with Crippen molar-refractivity contribution in [3.8, 4) is 5.75 Å². The van der Waals surface area contributed by atoms with E-state index in [1.807, 2.05) is 19.1 Å². The lowest BCUT2D eigenvalue weighted by molar-refractivity contribution is -0.123. The van der Waals surface area contributed by atoms with Crippen molar-refractivity contribution in [1.82, 2.24) is 5.43 Å². The van der Waals surface area contributed by atoms with Crippen LogP contribution in [0, 0.1) is 0 Å². The highest BCUT2D eigenvalue weighted by atomic mass is 79.9. The molecule has 0 aliphatic carbocycles. The lowest BCUT2D eigenvalue weighted by atomic mass is 10.2. The van der Waals surface area contributed by atoms with Gasteiger partial charge in [-0.1, -0.05) is 29.3 Å². The minimum atomic E-state index is -0.268. The third-order valence-corrected chi connectivity index (χ3v) is 3.63. The summed E-state index contributed by atoms with van der Waals surface area (Å²) in [6, 6.07) is 5.50. The molecule has 0 saturated heterocycles. The van der Waals surface area contributed by atoms with E-state index in [0.717, 1.165) is 33.9 Å². The maximum atomic E-state index is 11.6. The van der Waals surface area contributed by atoms with Crippen molar-refractivity contribution in [2.75, 3.05) is 6.61 Å². The molecule has 110 valence electrons. The molecule has 6 heteroatoms. The first-order valence-electron chi connectivity index (χ1n) is 6.42. The van der Waals surface area contributed by atoms with Gasteiger partial charge in [0.2, 0.25) is 0 Å². The molecule has 1 aromatic carbocycles. The smallest absolute Gasteiger partial charge is 0.277 e. The van der Waals surface area contributed by atoms with Crippen LogP contribution in [0.3, 0.4) is 0 Å². The summed E-state index contributed by atoms with van der Waals surface area (Å²) in [5, 5.41) is 4.03. The molecule has 0 aliphatic rings. The van der Waals surface area contributed by atoms with Crippen LogP contribution in [0.2, 0.25) is 0 Å². The number of unbranched alkanes of at least 4 members (excludes halogenated alkanes) is 1. The molecule has 0 radical (unpaired) electrons. The molecule has 1 amide bonds. The van der Waals surface area contributed by atoms with Crippen LogP contribution in [0.15, 0.2) is 32.2 Å². The Balaban J connectivity index is 2.39. The van der Waals surface area contributed by atoms with Crippen molar-refractivity contribution >= 4 is 43.5 Å². The van der Waals surface area contributed by atoms with Gasteiger partial charge < -0.3 is 4.74 Å². The van der Waals surface area contributed by atoms with Crippen LogP contribution in [0.4, 0.5) is 0 Å². The van der Waals surface area contributed by atoms with Gasteiger partial charge in [0.1, 0.15) is 5.75 Å². The number of rotatable bonds is 7. The number of ether oxygens (including phenoxy) is 1. The standard InChI is InChI=1S/C14H18Br2N2O2/c1-3-4-5-10(2)17-18-14(19)9-20-13-7-6-11(15)8-12(13)16/h6-8H,3-5,9H2,1-2H3,(H,18,19). The van der Waals surface area contributed by atoms with Gasteiger partial charge in [-0.25, -0.2) is 5.43 Å². The Morgan fingerprint density at radius 3 is 2.80 bits per heavy atom. The highest BCUT2D eigenvalue weighted by molar-refractivity contribution is 9.11. The van der Waals surface area contributed by atoms with Crippen molar-refractivity contribution in [2.24, 2.45) is 5.10 Å². The number of carbonyl (C=O) groups is 1. The Morgan fingerprint density at radius 1 is 1.40 bits per heavy atom. The van der Waals surface area contributed by atoms with Crippen molar-refractivity contribution in [3.63, 3.8) is 0 Å². The highest BCUT2D eigenvalue weighted by Crippen LogP contribution is 2.27. The fourth-order valence-electron chi connectivity index (χ4n) is 1.41. The Bertz CT molecular complexity index is 490. The first kappa shape index (κ1) is 17.2. The number of halogens is 2. The van der Waals surface area contributed by atoms with Crippen LogP contribution < -0.4 is 10.2 Å². The minimum absolute atomic E-state index is 0.0647. The summed E-state index contributed by atoms with van der Waals surface area (Å²) >= 11 is 6.73. The van der Waals surface area contributed by atoms with Gasteiger partial charge in [0.05, 0.1) is 4.47 Å². The summed E-state index contributed by atoms with van der Waals surface area (Å²) in [6.45, 7) is 3.96. The molecule has 0 saturated carbocycles. The molecule has 0 bridgehead atoms. The molecule has 0 aliphatic heterocycles. The molecule has 1 N–H and O–H groups in total. The molecule has 0 spiro atoms. The minimum Gasteiger partial charge on any atom is -0.483 e. The summed E-state index contributed by atoms with van der Waals surface area (Å²) in [5.74, 6) is 0.353. The number of hydrogen-bond acceptors (Lipinski definition) is 3. The number of hydrazone groups is 1. The fourth-order valence-corrected chi connectivity index (χ4v) is 2.58. The molecule has 0 aromatic heterocycles. The van der Waals surface area contributed by atoms with Gasteiger partial charge in [-0.2, -0.15) is 5.10 Å². The second-order valence-electron chi connectivity index (χ2n) is 4.35. The van der Waals surface area contributed by atoms with Gasteiger partial charge in [-0.15, -0.1) is 0 Å². The Kier molecular flexibility index (Phi) is 7.84. The second-order valence-corrected chi connectivity index (χ2v) is 6.12. The topological polar surface area (TPSA) is 50.7 Å². The van der Waals surface area contributed by atoms with E-state index < -0.39 is 0 Å². The summed E-state index contributed by atoms with van der Waals surface area (Å²) in [7, 11) is 0. The lowest BCUT2D eigenvalue weighted by Gasteiger charge is -2.07. The first-order valence-corrected chi connectivity index (χ1v) is 8.01. The predicted molar refractivity (Wildman–Crippen MR) is 88.1 cm³/mol. The van der Waals surface area contributed by atoms with Gasteiger partial charge in [-0.3, -0.25) is 4.79 Å². The van der Waals surface area contributed by atoms with E-state index >= 15 is 0 Å². The fraction of sp³-hybridized carbons (Fsp3) is 0.429. The predicted octanol–water partition coefficient (Wildman–Crippen LogP) is 4.27. The normalized spacial score (nSPS) is 11.3. The van der Waals surface area contributed by atoms with E-state index in [4.69, 9.17) is 4.74 Å². The Labute approximate surface area is 136 Å². The zero-order valence-corrected chi connectivity index (χ0v) is 14.8. The van der Waals surface area contributed by atoms with E-state index in [2.05, 4.69) is 49.3 Å². The van der Waals surface area contributed by atoms with Gasteiger partial charge in [0.15, 0.2) is 6.61 Å². The van der Waals surface area contributed by atoms with E-state index in [1.165, 1.54) is 0 Å². The zero-order chi connectivity index (χ0) is 15.0. The van der Waals surface area contributed by atoms with Gasteiger partial charge in [-0.05, 0) is 53.9 Å². The van der Waals surface area contributed by atoms with Crippen molar-refractivity contribution in [3.05, 3.63) is 27.1 Å². The molecule has 0 atom stereocenters. The zero-order valence-electron chi connectivity index (χ0n) is 11.6. The maximum absolute atomic E-state index is 11.6. The molecule has 0 fully saturated rings. The summed E-state index contributed by atoms with van der Waals surface area (Å²) in [6.07, 6.45) is 3.09. The Morgan fingerprint density at radius 2 is 2.15 bits per heavy atom.